The molecule has 0 aromatic heterocycles. The first-order valence-corrected chi connectivity index (χ1v) is 9.71. The molecule has 2 aromatic carbocycles. The van der Waals surface area contributed by atoms with Gasteiger partial charge in [-0.3, -0.25) is 9.59 Å². The Morgan fingerprint density at radius 3 is 2.52 bits per heavy atom. The van der Waals surface area contributed by atoms with Gasteiger partial charge in [0.1, 0.15) is 11.6 Å². The van der Waals surface area contributed by atoms with Crippen LogP contribution in [-0.4, -0.2) is 53.2 Å². The predicted molar refractivity (Wildman–Crippen MR) is 107 cm³/mol. The third-order valence-corrected chi connectivity index (χ3v) is 5.06. The van der Waals surface area contributed by atoms with Crippen molar-refractivity contribution in [3.05, 3.63) is 75.5 Å². The maximum Gasteiger partial charge on any atom is 0.295 e. The van der Waals surface area contributed by atoms with Crippen LogP contribution in [0, 0.1) is 5.82 Å². The van der Waals surface area contributed by atoms with Crippen LogP contribution in [0.4, 0.5) is 4.39 Å². The normalized spacial score (nSPS) is 18.4. The highest BCUT2D eigenvalue weighted by Crippen LogP contribution is 2.39. The second-order valence-corrected chi connectivity index (χ2v) is 7.31. The summed E-state index contributed by atoms with van der Waals surface area (Å²) in [5.74, 6) is -2.50. The van der Waals surface area contributed by atoms with Crippen LogP contribution in [0.15, 0.2) is 58.6 Å². The Labute approximate surface area is 175 Å². The van der Waals surface area contributed by atoms with Gasteiger partial charge in [0.15, 0.2) is 0 Å². The Balaban J connectivity index is 2.07. The number of ether oxygens (including phenoxy) is 1. The van der Waals surface area contributed by atoms with E-state index in [4.69, 9.17) is 9.84 Å². The molecule has 3 rings (SSSR count). The Morgan fingerprint density at radius 1 is 1.14 bits per heavy atom. The topological polar surface area (TPSA) is 87.1 Å². The Kier molecular flexibility index (Phi) is 6.79. The Hall–Kier alpha value is -2.55. The molecule has 1 amide bonds. The first-order valence-electron chi connectivity index (χ1n) is 8.92. The quantitative estimate of drug-likeness (QED) is 0.285. The highest BCUT2D eigenvalue weighted by atomic mass is 79.9. The maximum atomic E-state index is 13.9. The highest BCUT2D eigenvalue weighted by Gasteiger charge is 2.45. The summed E-state index contributed by atoms with van der Waals surface area (Å²) < 4.78 is 19.9. The zero-order valence-corrected chi connectivity index (χ0v) is 16.9. The lowest BCUT2D eigenvalue weighted by molar-refractivity contribution is -0.140. The molecule has 1 heterocycles. The number of Topliss-reactive ketones (excluding diaryl/α,β-unsaturated/α-hetero) is 1. The summed E-state index contributed by atoms with van der Waals surface area (Å²) in [7, 11) is 0. The van der Waals surface area contributed by atoms with Crippen molar-refractivity contribution in [1.29, 1.82) is 0 Å². The van der Waals surface area contributed by atoms with Gasteiger partial charge in [-0.2, -0.15) is 0 Å². The zero-order valence-electron chi connectivity index (χ0n) is 15.3. The van der Waals surface area contributed by atoms with E-state index in [1.807, 2.05) is 0 Å². The van der Waals surface area contributed by atoms with Crippen molar-refractivity contribution < 1.29 is 28.9 Å². The molecular formula is C21H19BrFNO5. The van der Waals surface area contributed by atoms with Crippen molar-refractivity contribution in [2.45, 2.75) is 6.04 Å². The lowest BCUT2D eigenvalue weighted by Crippen LogP contribution is -2.33. The summed E-state index contributed by atoms with van der Waals surface area (Å²) in [6, 6.07) is 11.2. The molecule has 1 aliphatic rings. The second kappa shape index (κ2) is 9.30. The highest BCUT2D eigenvalue weighted by molar-refractivity contribution is 9.10. The molecule has 6 nitrogen and oxygen atoms in total. The van der Waals surface area contributed by atoms with Gasteiger partial charge in [0.2, 0.25) is 0 Å². The molecule has 0 saturated carbocycles. The molecule has 0 unspecified atom stereocenters. The van der Waals surface area contributed by atoms with E-state index < -0.39 is 23.5 Å². The number of halogens is 2. The van der Waals surface area contributed by atoms with E-state index >= 15 is 0 Å². The van der Waals surface area contributed by atoms with E-state index in [1.165, 1.54) is 23.1 Å². The summed E-state index contributed by atoms with van der Waals surface area (Å²) in [5, 5.41) is 19.7. The summed E-state index contributed by atoms with van der Waals surface area (Å²) in [6.45, 7) is 0.0454. The van der Waals surface area contributed by atoms with Crippen molar-refractivity contribution in [3.8, 4) is 0 Å². The van der Waals surface area contributed by atoms with Crippen LogP contribution in [0.2, 0.25) is 0 Å². The largest absolute Gasteiger partial charge is 0.507 e. The number of aliphatic hydroxyl groups is 2. The molecule has 2 N–H and O–H groups in total. The number of hydrogen-bond donors (Lipinski definition) is 2. The van der Waals surface area contributed by atoms with Crippen LogP contribution in [0.25, 0.3) is 5.76 Å². The van der Waals surface area contributed by atoms with Crippen molar-refractivity contribution >= 4 is 33.4 Å². The summed E-state index contributed by atoms with van der Waals surface area (Å²) in [6.07, 6.45) is 0. The molecule has 1 saturated heterocycles. The lowest BCUT2D eigenvalue weighted by Gasteiger charge is -2.25. The van der Waals surface area contributed by atoms with Gasteiger partial charge in [0.25, 0.3) is 11.7 Å². The number of likely N-dealkylation sites (tertiary alicyclic amines) is 1. The van der Waals surface area contributed by atoms with Gasteiger partial charge in [0.05, 0.1) is 31.4 Å². The van der Waals surface area contributed by atoms with E-state index in [0.29, 0.717) is 11.1 Å². The fourth-order valence-electron chi connectivity index (χ4n) is 3.23. The van der Waals surface area contributed by atoms with Crippen LogP contribution in [0.3, 0.4) is 0 Å². The summed E-state index contributed by atoms with van der Waals surface area (Å²) in [5.41, 5.74) is 0.624. The van der Waals surface area contributed by atoms with E-state index in [0.717, 1.165) is 4.47 Å². The monoisotopic (exact) mass is 463 g/mol. The SMILES string of the molecule is O=C1C(=O)N(CCOCCO)[C@@H](c2cccc(F)c2)C1=C(O)c1ccc(Br)cc1. The van der Waals surface area contributed by atoms with Crippen LogP contribution in [-0.2, 0) is 14.3 Å². The van der Waals surface area contributed by atoms with Crippen molar-refractivity contribution in [1.82, 2.24) is 4.90 Å². The average molecular weight is 464 g/mol. The van der Waals surface area contributed by atoms with Gasteiger partial charge in [-0.05, 0) is 29.8 Å². The number of amides is 1. The van der Waals surface area contributed by atoms with Crippen LogP contribution < -0.4 is 0 Å². The summed E-state index contributed by atoms with van der Waals surface area (Å²) >= 11 is 3.31. The molecule has 1 fully saturated rings. The Morgan fingerprint density at radius 2 is 1.86 bits per heavy atom. The first-order chi connectivity index (χ1) is 13.9. The molecule has 0 aliphatic carbocycles. The number of carbonyl (C=O) groups is 2. The van der Waals surface area contributed by atoms with Gasteiger partial charge in [-0.1, -0.05) is 40.2 Å². The van der Waals surface area contributed by atoms with E-state index in [2.05, 4.69) is 15.9 Å². The lowest BCUT2D eigenvalue weighted by atomic mass is 9.95. The number of benzene rings is 2. The van der Waals surface area contributed by atoms with Crippen LogP contribution >= 0.6 is 15.9 Å². The van der Waals surface area contributed by atoms with Gasteiger partial charge in [-0.15, -0.1) is 0 Å². The number of ketones is 1. The molecule has 0 bridgehead atoms. The van der Waals surface area contributed by atoms with Crippen molar-refractivity contribution in [3.63, 3.8) is 0 Å². The number of aliphatic hydroxyl groups excluding tert-OH is 2. The van der Waals surface area contributed by atoms with E-state index in [1.54, 1.807) is 30.3 Å². The molecule has 2 aromatic rings. The predicted octanol–water partition coefficient (Wildman–Crippen LogP) is 3.02. The third kappa shape index (κ3) is 4.55. The fourth-order valence-corrected chi connectivity index (χ4v) is 3.49. The minimum Gasteiger partial charge on any atom is -0.507 e. The molecule has 0 radical (unpaired) electrons. The van der Waals surface area contributed by atoms with Gasteiger partial charge in [0, 0.05) is 16.6 Å². The Bertz CT molecular complexity index is 944. The van der Waals surface area contributed by atoms with Crippen molar-refractivity contribution in [2.75, 3.05) is 26.4 Å². The standard InChI is InChI=1S/C21H19BrFNO5/c22-15-6-4-13(5-7-15)19(26)17-18(14-2-1-3-16(23)12-14)24(21(28)20(17)27)8-10-29-11-9-25/h1-7,12,18,25-26H,8-11H2/t18-/m0/s1. The third-order valence-electron chi connectivity index (χ3n) is 4.53. The minimum atomic E-state index is -0.952. The number of carbonyl (C=O) groups excluding carboxylic acids is 2. The molecule has 1 aliphatic heterocycles. The first kappa shape index (κ1) is 21.2. The number of hydrogen-bond acceptors (Lipinski definition) is 5. The molecular weight excluding hydrogens is 445 g/mol. The molecule has 29 heavy (non-hydrogen) atoms. The maximum absolute atomic E-state index is 13.9. The minimum absolute atomic E-state index is 0.0445. The zero-order chi connectivity index (χ0) is 21.0. The smallest absolute Gasteiger partial charge is 0.295 e. The molecule has 152 valence electrons. The van der Waals surface area contributed by atoms with Crippen LogP contribution in [0.5, 0.6) is 0 Å². The van der Waals surface area contributed by atoms with Gasteiger partial charge >= 0.3 is 0 Å². The molecule has 0 spiro atoms. The average Bonchev–Trinajstić information content (AvgIpc) is 2.96. The fraction of sp³-hybridized carbons (Fsp3) is 0.238. The van der Waals surface area contributed by atoms with Gasteiger partial charge < -0.3 is 19.8 Å². The van der Waals surface area contributed by atoms with E-state index in [9.17, 15) is 19.1 Å². The van der Waals surface area contributed by atoms with E-state index in [-0.39, 0.29) is 37.7 Å². The van der Waals surface area contributed by atoms with Crippen LogP contribution in [0.1, 0.15) is 17.2 Å². The number of rotatable bonds is 7. The number of nitrogens with zero attached hydrogens (tertiary/aromatic N) is 1. The van der Waals surface area contributed by atoms with Crippen molar-refractivity contribution in [2.24, 2.45) is 0 Å². The molecule has 8 heteroatoms. The summed E-state index contributed by atoms with van der Waals surface area (Å²) in [4.78, 5) is 26.7. The second-order valence-electron chi connectivity index (χ2n) is 6.39. The van der Waals surface area contributed by atoms with Gasteiger partial charge in [-0.25, -0.2) is 4.39 Å². The molecule has 1 atom stereocenters.